The van der Waals surface area contributed by atoms with Gasteiger partial charge < -0.3 is 24.6 Å². The van der Waals surface area contributed by atoms with Crippen molar-refractivity contribution < 1.29 is 28.2 Å². The standard InChI is InChI=1S/C28H32FN5O5/c29-20-8-7-17(15-21-25-18(4-3-9-30-25)26(35)32-31-21)14-19(20)27(36)33-10-12-34(13-11-33)28(37)24-16-38-22-5-1-2-6-23(22)39-24/h1-2,5-8,14,18,21,24-25,30-31H,3-4,9-13,15-16H2,(H,32,35). The second-order valence-electron chi connectivity index (χ2n) is 10.5. The quantitative estimate of drug-likeness (QED) is 0.531. The Labute approximate surface area is 225 Å². The molecule has 4 atom stereocenters. The lowest BCUT2D eigenvalue weighted by molar-refractivity contribution is -0.142. The van der Waals surface area contributed by atoms with Gasteiger partial charge in [-0.2, -0.15) is 0 Å². The topological polar surface area (TPSA) is 112 Å². The van der Waals surface area contributed by atoms with E-state index in [9.17, 15) is 18.8 Å². The van der Waals surface area contributed by atoms with Gasteiger partial charge in [0, 0.05) is 38.3 Å². The molecule has 2 aromatic carbocycles. The lowest BCUT2D eigenvalue weighted by atomic mass is 9.82. The van der Waals surface area contributed by atoms with Crippen molar-refractivity contribution in [3.8, 4) is 11.5 Å². The van der Waals surface area contributed by atoms with Gasteiger partial charge in [-0.1, -0.05) is 18.2 Å². The number of piperidine rings is 1. The number of carbonyl (C=O) groups excluding carboxylic acids is 3. The summed E-state index contributed by atoms with van der Waals surface area (Å²) in [6, 6.07) is 11.7. The molecular formula is C28H32FN5O5. The Morgan fingerprint density at radius 2 is 1.79 bits per heavy atom. The molecule has 4 unspecified atom stereocenters. The molecule has 0 saturated carbocycles. The van der Waals surface area contributed by atoms with Crippen LogP contribution in [0.4, 0.5) is 4.39 Å². The fraction of sp³-hybridized carbons (Fsp3) is 0.464. The van der Waals surface area contributed by atoms with Gasteiger partial charge in [0.1, 0.15) is 12.4 Å². The van der Waals surface area contributed by atoms with Gasteiger partial charge >= 0.3 is 0 Å². The molecule has 2 aromatic rings. The van der Waals surface area contributed by atoms with Crippen LogP contribution < -0.4 is 25.6 Å². The molecule has 0 radical (unpaired) electrons. The van der Waals surface area contributed by atoms with Crippen molar-refractivity contribution >= 4 is 17.7 Å². The van der Waals surface area contributed by atoms with Gasteiger partial charge in [-0.25, -0.2) is 9.82 Å². The van der Waals surface area contributed by atoms with Crippen molar-refractivity contribution in [2.24, 2.45) is 5.92 Å². The first-order chi connectivity index (χ1) is 19.0. The first-order valence-electron chi connectivity index (χ1n) is 13.5. The van der Waals surface area contributed by atoms with E-state index in [-0.39, 0.29) is 42.0 Å². The van der Waals surface area contributed by atoms with Crippen LogP contribution in [0.5, 0.6) is 11.5 Å². The number of carbonyl (C=O) groups is 3. The van der Waals surface area contributed by atoms with Gasteiger partial charge in [0.2, 0.25) is 12.0 Å². The number of benzene rings is 2. The van der Waals surface area contributed by atoms with Crippen LogP contribution in [0.3, 0.4) is 0 Å². The van der Waals surface area contributed by atoms with Gasteiger partial charge in [0.25, 0.3) is 11.8 Å². The third-order valence-electron chi connectivity index (χ3n) is 8.04. The molecule has 11 heteroatoms. The number of hydrogen-bond donors (Lipinski definition) is 3. The monoisotopic (exact) mass is 537 g/mol. The second-order valence-corrected chi connectivity index (χ2v) is 10.5. The van der Waals surface area contributed by atoms with E-state index < -0.39 is 17.8 Å². The number of fused-ring (bicyclic) bond motifs is 2. The lowest BCUT2D eigenvalue weighted by Crippen LogP contribution is -2.67. The third-order valence-corrected chi connectivity index (χ3v) is 8.04. The molecule has 6 rings (SSSR count). The molecule has 0 spiro atoms. The minimum atomic E-state index is -0.743. The van der Waals surface area contributed by atoms with Crippen LogP contribution in [0, 0.1) is 11.7 Å². The first kappa shape index (κ1) is 25.6. The van der Waals surface area contributed by atoms with Crippen LogP contribution in [0.1, 0.15) is 28.8 Å². The Bertz CT molecular complexity index is 1270. The van der Waals surface area contributed by atoms with E-state index >= 15 is 0 Å². The molecule has 4 aliphatic heterocycles. The average Bonchev–Trinajstić information content (AvgIpc) is 2.98. The van der Waals surface area contributed by atoms with E-state index in [1.807, 2.05) is 12.1 Å². The number of ether oxygens (including phenoxy) is 2. The summed E-state index contributed by atoms with van der Waals surface area (Å²) in [7, 11) is 0. The highest BCUT2D eigenvalue weighted by atomic mass is 19.1. The minimum absolute atomic E-state index is 0.0107. The van der Waals surface area contributed by atoms with Crippen LogP contribution in [0.25, 0.3) is 0 Å². The summed E-state index contributed by atoms with van der Waals surface area (Å²) in [5.41, 5.74) is 6.67. The number of amides is 3. The molecule has 39 heavy (non-hydrogen) atoms. The zero-order valence-corrected chi connectivity index (χ0v) is 21.5. The molecule has 3 fully saturated rings. The Kier molecular flexibility index (Phi) is 7.09. The van der Waals surface area contributed by atoms with E-state index in [4.69, 9.17) is 9.47 Å². The van der Waals surface area contributed by atoms with Crippen LogP contribution >= 0.6 is 0 Å². The zero-order valence-electron chi connectivity index (χ0n) is 21.5. The fourth-order valence-corrected chi connectivity index (χ4v) is 5.92. The number of rotatable bonds is 4. The molecule has 3 amide bonds. The number of piperazine rings is 1. The van der Waals surface area contributed by atoms with E-state index in [0.717, 1.165) is 24.9 Å². The predicted octanol–water partition coefficient (Wildman–Crippen LogP) is 0.864. The third kappa shape index (κ3) is 5.16. The molecular weight excluding hydrogens is 505 g/mol. The SMILES string of the molecule is O=C1NNC(Cc2ccc(F)c(C(=O)N3CCN(C(=O)C4COc5ccccc5O4)CC3)c2)C2NCCCC12. The predicted molar refractivity (Wildman–Crippen MR) is 139 cm³/mol. The first-order valence-corrected chi connectivity index (χ1v) is 13.5. The summed E-state index contributed by atoms with van der Waals surface area (Å²) in [6.45, 7) is 2.22. The van der Waals surface area contributed by atoms with Crippen molar-refractivity contribution in [1.29, 1.82) is 0 Å². The Morgan fingerprint density at radius 1 is 1.03 bits per heavy atom. The molecule has 10 nitrogen and oxygen atoms in total. The minimum Gasteiger partial charge on any atom is -0.485 e. The maximum absolute atomic E-state index is 14.8. The summed E-state index contributed by atoms with van der Waals surface area (Å²) in [5.74, 6) is -0.133. The van der Waals surface area contributed by atoms with Crippen molar-refractivity contribution in [2.45, 2.75) is 37.5 Å². The molecule has 3 N–H and O–H groups in total. The van der Waals surface area contributed by atoms with Crippen LogP contribution in [-0.2, 0) is 16.0 Å². The Morgan fingerprint density at radius 3 is 2.62 bits per heavy atom. The molecule has 0 aromatic heterocycles. The number of halogens is 1. The summed E-state index contributed by atoms with van der Waals surface area (Å²) < 4.78 is 26.3. The lowest BCUT2D eigenvalue weighted by Gasteiger charge is -2.41. The number of hydrogen-bond acceptors (Lipinski definition) is 7. The van der Waals surface area contributed by atoms with Crippen molar-refractivity contribution in [1.82, 2.24) is 26.0 Å². The van der Waals surface area contributed by atoms with Crippen molar-refractivity contribution in [2.75, 3.05) is 39.3 Å². The molecule has 4 heterocycles. The number of nitrogens with zero attached hydrogens (tertiary/aromatic N) is 2. The summed E-state index contributed by atoms with van der Waals surface area (Å²) in [5, 5.41) is 3.44. The highest BCUT2D eigenvalue weighted by Gasteiger charge is 2.40. The maximum atomic E-state index is 14.8. The Hall–Kier alpha value is -3.70. The average molecular weight is 538 g/mol. The summed E-state index contributed by atoms with van der Waals surface area (Å²) >= 11 is 0. The molecule has 3 saturated heterocycles. The molecule has 4 aliphatic rings. The number of para-hydroxylation sites is 2. The Balaban J connectivity index is 1.07. The maximum Gasteiger partial charge on any atom is 0.267 e. The highest BCUT2D eigenvalue weighted by molar-refractivity contribution is 5.95. The highest BCUT2D eigenvalue weighted by Crippen LogP contribution is 2.31. The van der Waals surface area contributed by atoms with E-state index in [0.29, 0.717) is 44.1 Å². The fourth-order valence-electron chi connectivity index (χ4n) is 5.92. The largest absolute Gasteiger partial charge is 0.485 e. The zero-order chi connectivity index (χ0) is 26.9. The molecule has 206 valence electrons. The van der Waals surface area contributed by atoms with Gasteiger partial charge in [-0.3, -0.25) is 19.8 Å². The van der Waals surface area contributed by atoms with E-state index in [1.165, 1.54) is 6.07 Å². The summed E-state index contributed by atoms with van der Waals surface area (Å²) in [4.78, 5) is 41.8. The number of hydrazine groups is 1. The van der Waals surface area contributed by atoms with Gasteiger partial charge in [-0.05, 0) is 55.6 Å². The van der Waals surface area contributed by atoms with E-state index in [1.54, 1.807) is 34.1 Å². The van der Waals surface area contributed by atoms with Gasteiger partial charge in [0.15, 0.2) is 11.5 Å². The van der Waals surface area contributed by atoms with Crippen LogP contribution in [0.15, 0.2) is 42.5 Å². The van der Waals surface area contributed by atoms with Crippen molar-refractivity contribution in [3.05, 3.63) is 59.4 Å². The van der Waals surface area contributed by atoms with Crippen molar-refractivity contribution in [3.63, 3.8) is 0 Å². The van der Waals surface area contributed by atoms with Crippen LogP contribution in [-0.4, -0.2) is 85.0 Å². The van der Waals surface area contributed by atoms with E-state index in [2.05, 4.69) is 16.2 Å². The number of nitrogens with one attached hydrogen (secondary N) is 3. The molecule has 0 bridgehead atoms. The second kappa shape index (κ2) is 10.8. The summed E-state index contributed by atoms with van der Waals surface area (Å²) in [6.07, 6.45) is 1.57. The van der Waals surface area contributed by atoms with Gasteiger partial charge in [-0.15, -0.1) is 0 Å². The van der Waals surface area contributed by atoms with Gasteiger partial charge in [0.05, 0.1) is 11.5 Å². The smallest absolute Gasteiger partial charge is 0.267 e. The van der Waals surface area contributed by atoms with Crippen LogP contribution in [0.2, 0.25) is 0 Å². The normalized spacial score (nSPS) is 26.4. The molecule has 0 aliphatic carbocycles.